The summed E-state index contributed by atoms with van der Waals surface area (Å²) in [5, 5.41) is 9.56. The van der Waals surface area contributed by atoms with Crippen LogP contribution in [0.25, 0.3) is 0 Å². The lowest BCUT2D eigenvalue weighted by molar-refractivity contribution is 0.121. The van der Waals surface area contributed by atoms with E-state index in [0.29, 0.717) is 31.5 Å². The van der Waals surface area contributed by atoms with Gasteiger partial charge in [-0.3, -0.25) is 0 Å². The number of hydrogen-bond donors (Lipinski definition) is 1. The molecule has 0 radical (unpaired) electrons. The summed E-state index contributed by atoms with van der Waals surface area (Å²) in [6, 6.07) is 0. The van der Waals surface area contributed by atoms with Crippen molar-refractivity contribution in [1.29, 1.82) is 0 Å². The summed E-state index contributed by atoms with van der Waals surface area (Å²) in [6.07, 6.45) is 2.43. The van der Waals surface area contributed by atoms with Gasteiger partial charge in [-0.1, -0.05) is 69.6 Å². The van der Waals surface area contributed by atoms with Gasteiger partial charge in [-0.05, 0) is 25.7 Å². The van der Waals surface area contributed by atoms with Crippen molar-refractivity contribution in [3.05, 3.63) is 17.5 Å². The van der Waals surface area contributed by atoms with Crippen molar-refractivity contribution < 1.29 is 5.11 Å². The number of nitrogens with zero attached hydrogens (tertiary/aromatic N) is 3. The van der Waals surface area contributed by atoms with Crippen LogP contribution in [0.5, 0.6) is 0 Å². The highest BCUT2D eigenvalue weighted by Crippen LogP contribution is 2.41. The van der Waals surface area contributed by atoms with Gasteiger partial charge in [-0.2, -0.15) is 0 Å². The first-order valence-corrected chi connectivity index (χ1v) is 8.42. The molecule has 0 spiro atoms. The zero-order chi connectivity index (χ0) is 15.8. The molecule has 10 heteroatoms. The molecule has 0 atom stereocenters. The minimum atomic E-state index is -1.84. The van der Waals surface area contributed by atoms with E-state index in [1.54, 1.807) is 0 Å². The predicted molar refractivity (Wildman–Crippen MR) is 85.5 cm³/mol. The van der Waals surface area contributed by atoms with E-state index in [2.05, 4.69) is 15.0 Å². The van der Waals surface area contributed by atoms with Crippen LogP contribution in [0, 0.1) is 0 Å². The minimum absolute atomic E-state index is 0.00796. The first kappa shape index (κ1) is 18.1. The van der Waals surface area contributed by atoms with Gasteiger partial charge in [0.1, 0.15) is 5.82 Å². The summed E-state index contributed by atoms with van der Waals surface area (Å²) in [5.74, 6) is 0.267. The van der Waals surface area contributed by atoms with E-state index in [0.717, 1.165) is 0 Å². The fourth-order valence-electron chi connectivity index (χ4n) is 2.16. The molecule has 1 saturated carbocycles. The monoisotopic (exact) mass is 411 g/mol. The van der Waals surface area contributed by atoms with Crippen LogP contribution in [-0.2, 0) is 7.59 Å². The van der Waals surface area contributed by atoms with Gasteiger partial charge >= 0.3 is 0 Å². The summed E-state index contributed by atoms with van der Waals surface area (Å²) >= 11 is 34.9. The third-order valence-corrected chi connectivity index (χ3v) is 4.24. The molecule has 1 heterocycles. The maximum absolute atomic E-state index is 9.56. The van der Waals surface area contributed by atoms with Crippen molar-refractivity contribution in [3.63, 3.8) is 0 Å². The molecule has 1 aromatic rings. The second-order valence-electron chi connectivity index (χ2n) is 4.84. The highest BCUT2D eigenvalue weighted by atomic mass is 35.6. The van der Waals surface area contributed by atoms with E-state index in [1.165, 1.54) is 0 Å². The van der Waals surface area contributed by atoms with Gasteiger partial charge in [0.05, 0.1) is 6.10 Å². The Bertz CT molecular complexity index is 475. The van der Waals surface area contributed by atoms with Crippen LogP contribution in [0.2, 0.25) is 0 Å². The SMILES string of the molecule is OC1CCC(c2nc(C(Cl)(Cl)Cl)nc(C(Cl)(Cl)Cl)n2)CC1. The van der Waals surface area contributed by atoms with Crippen molar-refractivity contribution in [3.8, 4) is 0 Å². The quantitative estimate of drug-likeness (QED) is 0.686. The minimum Gasteiger partial charge on any atom is -0.393 e. The van der Waals surface area contributed by atoms with E-state index in [4.69, 9.17) is 69.6 Å². The van der Waals surface area contributed by atoms with Gasteiger partial charge in [-0.15, -0.1) is 0 Å². The number of alkyl halides is 6. The Morgan fingerprint density at radius 2 is 1.19 bits per heavy atom. The van der Waals surface area contributed by atoms with Crippen LogP contribution >= 0.6 is 69.6 Å². The van der Waals surface area contributed by atoms with Gasteiger partial charge in [0.2, 0.25) is 7.59 Å². The topological polar surface area (TPSA) is 58.9 Å². The molecule has 0 aliphatic heterocycles. The molecule has 0 unspecified atom stereocenters. The number of halogens is 6. The standard InChI is InChI=1S/C11H11Cl6N3O/c12-10(13,14)8-18-7(5-1-3-6(21)4-2-5)19-9(20-8)11(15,16)17/h5-6,21H,1-4H2. The van der Waals surface area contributed by atoms with Gasteiger partial charge in [-0.25, -0.2) is 15.0 Å². The largest absolute Gasteiger partial charge is 0.393 e. The average Bonchev–Trinajstić information content (AvgIpc) is 2.37. The predicted octanol–water partition coefficient (Wildman–Crippen LogP) is 4.54. The molecule has 1 N–H and O–H groups in total. The fourth-order valence-corrected chi connectivity index (χ4v) is 2.67. The fraction of sp³-hybridized carbons (Fsp3) is 0.727. The summed E-state index contributed by atoms with van der Waals surface area (Å²) in [5.41, 5.74) is 0. The lowest BCUT2D eigenvalue weighted by atomic mass is 9.87. The van der Waals surface area contributed by atoms with Crippen molar-refractivity contribution in [2.45, 2.75) is 45.3 Å². The van der Waals surface area contributed by atoms with E-state index in [9.17, 15) is 5.11 Å². The van der Waals surface area contributed by atoms with Crippen LogP contribution < -0.4 is 0 Å². The molecule has 0 amide bonds. The summed E-state index contributed by atoms with van der Waals surface area (Å²) < 4.78 is -3.67. The molecular formula is C11H11Cl6N3O. The molecule has 1 aromatic heterocycles. The van der Waals surface area contributed by atoms with E-state index >= 15 is 0 Å². The first-order chi connectivity index (χ1) is 9.57. The normalized spacial score (nSPS) is 24.1. The Morgan fingerprint density at radius 3 is 1.57 bits per heavy atom. The summed E-state index contributed by atoms with van der Waals surface area (Å²) in [4.78, 5) is 12.3. The second kappa shape index (κ2) is 6.68. The number of aliphatic hydroxyl groups is 1. The van der Waals surface area contributed by atoms with Crippen molar-refractivity contribution >= 4 is 69.6 Å². The van der Waals surface area contributed by atoms with Crippen LogP contribution in [0.15, 0.2) is 0 Å². The molecule has 0 bridgehead atoms. The van der Waals surface area contributed by atoms with E-state index in [1.807, 2.05) is 0 Å². The van der Waals surface area contributed by atoms with Crippen LogP contribution in [0.3, 0.4) is 0 Å². The number of rotatable bonds is 1. The molecule has 2 rings (SSSR count). The molecule has 1 aliphatic rings. The third-order valence-electron chi connectivity index (χ3n) is 3.22. The maximum Gasteiger partial charge on any atom is 0.250 e. The van der Waals surface area contributed by atoms with Gasteiger partial charge < -0.3 is 5.11 Å². The third kappa shape index (κ3) is 4.84. The molecule has 1 fully saturated rings. The van der Waals surface area contributed by atoms with Crippen LogP contribution in [0.4, 0.5) is 0 Å². The molecule has 118 valence electrons. The molecular weight excluding hydrogens is 403 g/mol. The Kier molecular flexibility index (Phi) is 5.74. The van der Waals surface area contributed by atoms with Gasteiger partial charge in [0, 0.05) is 5.92 Å². The summed E-state index contributed by atoms with van der Waals surface area (Å²) in [6.45, 7) is 0. The van der Waals surface area contributed by atoms with Crippen molar-refractivity contribution in [1.82, 2.24) is 15.0 Å². The Labute approximate surface area is 152 Å². The Morgan fingerprint density at radius 1 is 0.762 bits per heavy atom. The smallest absolute Gasteiger partial charge is 0.250 e. The van der Waals surface area contributed by atoms with Crippen LogP contribution in [0.1, 0.15) is 49.1 Å². The zero-order valence-corrected chi connectivity index (χ0v) is 15.1. The summed E-state index contributed by atoms with van der Waals surface area (Å²) in [7, 11) is 0. The van der Waals surface area contributed by atoms with E-state index < -0.39 is 7.59 Å². The Balaban J connectivity index is 2.41. The van der Waals surface area contributed by atoms with Gasteiger partial charge in [0.15, 0.2) is 11.6 Å². The van der Waals surface area contributed by atoms with Gasteiger partial charge in [0.25, 0.3) is 0 Å². The second-order valence-corrected chi connectivity index (χ2v) is 9.40. The van der Waals surface area contributed by atoms with E-state index in [-0.39, 0.29) is 23.7 Å². The first-order valence-electron chi connectivity index (χ1n) is 6.16. The maximum atomic E-state index is 9.56. The molecule has 21 heavy (non-hydrogen) atoms. The molecule has 0 aromatic carbocycles. The molecule has 0 saturated heterocycles. The highest BCUT2D eigenvalue weighted by molar-refractivity contribution is 6.67. The zero-order valence-electron chi connectivity index (χ0n) is 10.5. The van der Waals surface area contributed by atoms with Crippen molar-refractivity contribution in [2.24, 2.45) is 0 Å². The average molecular weight is 414 g/mol. The van der Waals surface area contributed by atoms with Crippen molar-refractivity contribution in [2.75, 3.05) is 0 Å². The number of aliphatic hydroxyl groups excluding tert-OH is 1. The molecule has 4 nitrogen and oxygen atoms in total. The number of hydrogen-bond acceptors (Lipinski definition) is 4. The lowest BCUT2D eigenvalue weighted by Crippen LogP contribution is -2.23. The Hall–Kier alpha value is 0.710. The highest BCUT2D eigenvalue weighted by Gasteiger charge is 2.35. The number of aromatic nitrogens is 3. The van der Waals surface area contributed by atoms with Crippen LogP contribution in [-0.4, -0.2) is 26.2 Å². The molecule has 1 aliphatic carbocycles. The lowest BCUT2D eigenvalue weighted by Gasteiger charge is -2.25.